The van der Waals surface area contributed by atoms with E-state index >= 15 is 0 Å². The van der Waals surface area contributed by atoms with E-state index in [9.17, 15) is 4.79 Å². The molecule has 0 spiro atoms. The molecular weight excluding hydrogens is 313 g/mol. The van der Waals surface area contributed by atoms with Gasteiger partial charge in [-0.05, 0) is 24.3 Å². The van der Waals surface area contributed by atoms with Crippen LogP contribution >= 0.6 is 23.2 Å². The lowest BCUT2D eigenvalue weighted by Gasteiger charge is -2.22. The van der Waals surface area contributed by atoms with Crippen LogP contribution in [0.5, 0.6) is 0 Å². The maximum Gasteiger partial charge on any atom is 0.255 e. The number of carbonyl (C=O) groups excluding carboxylic acids is 1. The van der Waals surface area contributed by atoms with Gasteiger partial charge in [-0.25, -0.2) is 0 Å². The molecule has 1 amide bonds. The summed E-state index contributed by atoms with van der Waals surface area (Å²) in [6, 6.07) is 8.58. The fourth-order valence-corrected chi connectivity index (χ4v) is 2.27. The van der Waals surface area contributed by atoms with Crippen LogP contribution in [0.4, 0.5) is 0 Å². The molecule has 0 saturated heterocycles. The molecule has 21 heavy (non-hydrogen) atoms. The van der Waals surface area contributed by atoms with E-state index in [0.29, 0.717) is 36.0 Å². The Labute approximate surface area is 133 Å². The summed E-state index contributed by atoms with van der Waals surface area (Å²) >= 11 is 12.1. The molecule has 0 atom stereocenters. The molecule has 6 heteroatoms. The minimum atomic E-state index is -0.212. The van der Waals surface area contributed by atoms with Crippen molar-refractivity contribution in [3.05, 3.63) is 58.0 Å². The third-order valence-electron chi connectivity index (χ3n) is 2.96. The predicted molar refractivity (Wildman–Crippen MR) is 81.8 cm³/mol. The summed E-state index contributed by atoms with van der Waals surface area (Å²) in [5.74, 6) is 0.480. The van der Waals surface area contributed by atoms with Crippen LogP contribution in [0.25, 0.3) is 0 Å². The fourth-order valence-electron chi connectivity index (χ4n) is 1.88. The molecular formula is C15H15Cl2NO3. The van der Waals surface area contributed by atoms with Crippen LogP contribution in [0.15, 0.2) is 41.0 Å². The zero-order valence-corrected chi connectivity index (χ0v) is 13.0. The summed E-state index contributed by atoms with van der Waals surface area (Å²) in [6.07, 6.45) is 1.57. The predicted octanol–water partition coefficient (Wildman–Crippen LogP) is 3.88. The maximum atomic E-state index is 12.6. The topological polar surface area (TPSA) is 42.7 Å². The van der Waals surface area contributed by atoms with Gasteiger partial charge in [-0.1, -0.05) is 29.3 Å². The summed E-state index contributed by atoms with van der Waals surface area (Å²) in [6.45, 7) is 1.20. The lowest BCUT2D eigenvalue weighted by molar-refractivity contribution is 0.0666. The molecule has 0 radical (unpaired) electrons. The number of ether oxygens (including phenoxy) is 1. The number of halogens is 2. The molecule has 1 aromatic heterocycles. The minimum Gasteiger partial charge on any atom is -0.467 e. The van der Waals surface area contributed by atoms with E-state index in [0.717, 1.165) is 0 Å². The average molecular weight is 328 g/mol. The van der Waals surface area contributed by atoms with Gasteiger partial charge in [-0.2, -0.15) is 0 Å². The Bertz CT molecular complexity index is 599. The summed E-state index contributed by atoms with van der Waals surface area (Å²) in [5, 5.41) is 0.609. The van der Waals surface area contributed by atoms with Gasteiger partial charge >= 0.3 is 0 Å². The van der Waals surface area contributed by atoms with Crippen LogP contribution in [-0.2, 0) is 11.3 Å². The first-order chi connectivity index (χ1) is 10.1. The normalized spacial score (nSPS) is 10.6. The quantitative estimate of drug-likeness (QED) is 0.808. The number of furan rings is 1. The number of carbonyl (C=O) groups is 1. The lowest BCUT2D eigenvalue weighted by atomic mass is 10.2. The van der Waals surface area contributed by atoms with E-state index in [-0.39, 0.29) is 10.9 Å². The van der Waals surface area contributed by atoms with Crippen molar-refractivity contribution in [2.24, 2.45) is 0 Å². The second kappa shape index (κ2) is 7.50. The highest BCUT2D eigenvalue weighted by molar-refractivity contribution is 6.43. The molecule has 1 aromatic carbocycles. The van der Waals surface area contributed by atoms with E-state index in [1.54, 1.807) is 42.5 Å². The van der Waals surface area contributed by atoms with Crippen molar-refractivity contribution in [2.75, 3.05) is 20.3 Å². The summed E-state index contributed by atoms with van der Waals surface area (Å²) in [5.41, 5.74) is 0.367. The number of amides is 1. The van der Waals surface area contributed by atoms with Crippen molar-refractivity contribution in [3.8, 4) is 0 Å². The molecule has 0 unspecified atom stereocenters. The minimum absolute atomic E-state index is 0.212. The lowest BCUT2D eigenvalue weighted by Crippen LogP contribution is -2.33. The first-order valence-corrected chi connectivity index (χ1v) is 7.13. The smallest absolute Gasteiger partial charge is 0.255 e. The maximum absolute atomic E-state index is 12.6. The average Bonchev–Trinajstić information content (AvgIpc) is 2.98. The van der Waals surface area contributed by atoms with Gasteiger partial charge < -0.3 is 14.1 Å². The second-order valence-electron chi connectivity index (χ2n) is 4.40. The number of methoxy groups -OCH3 is 1. The standard InChI is InChI=1S/C15H15Cl2NO3/c1-20-9-7-18(10-11-4-3-8-21-11)15(19)12-5-2-6-13(16)14(12)17/h2-6,8H,7,9-10H2,1H3. The van der Waals surface area contributed by atoms with Crippen LogP contribution in [0.2, 0.25) is 10.0 Å². The number of nitrogens with zero attached hydrogens (tertiary/aromatic N) is 1. The molecule has 1 heterocycles. The van der Waals surface area contributed by atoms with Gasteiger partial charge in [0.05, 0.1) is 35.0 Å². The Morgan fingerprint density at radius 1 is 1.29 bits per heavy atom. The zero-order chi connectivity index (χ0) is 15.2. The molecule has 4 nitrogen and oxygen atoms in total. The molecule has 2 rings (SSSR count). The fraction of sp³-hybridized carbons (Fsp3) is 0.267. The molecule has 0 bridgehead atoms. The van der Waals surface area contributed by atoms with Crippen LogP contribution in [0, 0.1) is 0 Å². The van der Waals surface area contributed by atoms with Crippen molar-refractivity contribution >= 4 is 29.1 Å². The number of hydrogen-bond acceptors (Lipinski definition) is 3. The van der Waals surface area contributed by atoms with Crippen molar-refractivity contribution < 1.29 is 13.9 Å². The van der Waals surface area contributed by atoms with Gasteiger partial charge in [-0.15, -0.1) is 0 Å². The molecule has 0 aliphatic rings. The van der Waals surface area contributed by atoms with Gasteiger partial charge in [0.15, 0.2) is 0 Å². The molecule has 112 valence electrons. The van der Waals surface area contributed by atoms with Gasteiger partial charge in [0, 0.05) is 13.7 Å². The van der Waals surface area contributed by atoms with Crippen molar-refractivity contribution in [1.29, 1.82) is 0 Å². The molecule has 0 aliphatic carbocycles. The monoisotopic (exact) mass is 327 g/mol. The first kappa shape index (κ1) is 15.9. The van der Waals surface area contributed by atoms with E-state index in [2.05, 4.69) is 0 Å². The Kier molecular flexibility index (Phi) is 5.67. The zero-order valence-electron chi connectivity index (χ0n) is 11.5. The molecule has 0 N–H and O–H groups in total. The van der Waals surface area contributed by atoms with Crippen molar-refractivity contribution in [2.45, 2.75) is 6.54 Å². The molecule has 0 saturated carbocycles. The number of hydrogen-bond donors (Lipinski definition) is 0. The van der Waals surface area contributed by atoms with Crippen molar-refractivity contribution in [3.63, 3.8) is 0 Å². The third kappa shape index (κ3) is 4.00. The summed E-state index contributed by atoms with van der Waals surface area (Å²) in [4.78, 5) is 14.2. The molecule has 0 fully saturated rings. The molecule has 0 aliphatic heterocycles. The van der Waals surface area contributed by atoms with E-state index in [1.807, 2.05) is 6.07 Å². The van der Waals surface area contributed by atoms with E-state index < -0.39 is 0 Å². The first-order valence-electron chi connectivity index (χ1n) is 6.38. The van der Waals surface area contributed by atoms with Crippen LogP contribution < -0.4 is 0 Å². The number of benzene rings is 1. The molecule has 2 aromatic rings. The Hall–Kier alpha value is -1.49. The third-order valence-corrected chi connectivity index (χ3v) is 3.78. The van der Waals surface area contributed by atoms with E-state index in [1.165, 1.54) is 0 Å². The van der Waals surface area contributed by atoms with Crippen LogP contribution in [0.1, 0.15) is 16.1 Å². The van der Waals surface area contributed by atoms with Crippen LogP contribution in [-0.4, -0.2) is 31.1 Å². The second-order valence-corrected chi connectivity index (χ2v) is 5.19. The highest BCUT2D eigenvalue weighted by Gasteiger charge is 2.20. The summed E-state index contributed by atoms with van der Waals surface area (Å²) in [7, 11) is 1.59. The largest absolute Gasteiger partial charge is 0.467 e. The number of rotatable bonds is 6. The van der Waals surface area contributed by atoms with Gasteiger partial charge in [0.1, 0.15) is 5.76 Å². The van der Waals surface area contributed by atoms with Gasteiger partial charge in [0.2, 0.25) is 0 Å². The SMILES string of the molecule is COCCN(Cc1ccco1)C(=O)c1cccc(Cl)c1Cl. The van der Waals surface area contributed by atoms with Gasteiger partial charge in [-0.3, -0.25) is 4.79 Å². The van der Waals surface area contributed by atoms with Crippen LogP contribution in [0.3, 0.4) is 0 Å². The Balaban J connectivity index is 2.22. The highest BCUT2D eigenvalue weighted by Crippen LogP contribution is 2.27. The summed E-state index contributed by atoms with van der Waals surface area (Å²) < 4.78 is 10.3. The highest BCUT2D eigenvalue weighted by atomic mass is 35.5. The Morgan fingerprint density at radius 2 is 2.10 bits per heavy atom. The van der Waals surface area contributed by atoms with E-state index in [4.69, 9.17) is 32.4 Å². The van der Waals surface area contributed by atoms with Gasteiger partial charge in [0.25, 0.3) is 5.91 Å². The Morgan fingerprint density at radius 3 is 2.76 bits per heavy atom. The van der Waals surface area contributed by atoms with Crippen molar-refractivity contribution in [1.82, 2.24) is 4.90 Å².